The first-order valence-electron chi connectivity index (χ1n) is 14.3. The van der Waals surface area contributed by atoms with Gasteiger partial charge in [0.05, 0.1) is 31.4 Å². The molecule has 4 aliphatic heterocycles. The van der Waals surface area contributed by atoms with Crippen molar-refractivity contribution in [1.29, 1.82) is 0 Å². The van der Waals surface area contributed by atoms with Crippen molar-refractivity contribution < 1.29 is 68.9 Å². The van der Waals surface area contributed by atoms with Gasteiger partial charge in [-0.15, -0.1) is 0 Å². The quantitative estimate of drug-likeness (QED) is 0.119. The van der Waals surface area contributed by atoms with E-state index in [4.69, 9.17) is 61.8 Å². The molecule has 17 N–H and O–H groups in total. The highest BCUT2D eigenvalue weighted by Crippen LogP contribution is 2.35. The van der Waals surface area contributed by atoms with Gasteiger partial charge in [0.15, 0.2) is 18.9 Å². The molecule has 19 nitrogen and oxygen atoms in total. The Morgan fingerprint density at radius 2 is 1.21 bits per heavy atom. The van der Waals surface area contributed by atoms with E-state index in [2.05, 4.69) is 0 Å². The van der Waals surface area contributed by atoms with Crippen molar-refractivity contribution in [3.8, 4) is 0 Å². The Labute approximate surface area is 246 Å². The van der Waals surface area contributed by atoms with Gasteiger partial charge in [-0.25, -0.2) is 0 Å². The van der Waals surface area contributed by atoms with Crippen LogP contribution in [0.1, 0.15) is 6.42 Å². The fourth-order valence-corrected chi connectivity index (χ4v) is 6.30. The van der Waals surface area contributed by atoms with Gasteiger partial charge in [0.2, 0.25) is 0 Å². The van der Waals surface area contributed by atoms with Gasteiger partial charge in [0, 0.05) is 18.6 Å². The van der Waals surface area contributed by atoms with E-state index < -0.39 is 129 Å². The molecule has 19 heteroatoms. The predicted molar refractivity (Wildman–Crippen MR) is 139 cm³/mol. The summed E-state index contributed by atoms with van der Waals surface area (Å²) in [6.07, 6.45) is -20.0. The van der Waals surface area contributed by atoms with Crippen LogP contribution in [0.25, 0.3) is 0 Å². The fourth-order valence-electron chi connectivity index (χ4n) is 6.30. The lowest BCUT2D eigenvalue weighted by Crippen LogP contribution is -2.68. The maximum Gasteiger partial charge on any atom is 0.187 e. The highest BCUT2D eigenvalue weighted by molar-refractivity contribution is 5.03. The van der Waals surface area contributed by atoms with Crippen LogP contribution in [0.3, 0.4) is 0 Å². The minimum absolute atomic E-state index is 0.0660. The number of ether oxygens (including phenoxy) is 7. The summed E-state index contributed by atoms with van der Waals surface area (Å²) in [5.41, 5.74) is 30.2. The van der Waals surface area contributed by atoms with E-state index in [1.807, 2.05) is 0 Å². The van der Waals surface area contributed by atoms with Gasteiger partial charge in [0.1, 0.15) is 73.2 Å². The zero-order valence-electron chi connectivity index (χ0n) is 23.3. The van der Waals surface area contributed by atoms with Crippen LogP contribution in [0, 0.1) is 0 Å². The topological polar surface area (TPSA) is 336 Å². The average Bonchev–Trinajstić information content (AvgIpc) is 3.50. The van der Waals surface area contributed by atoms with E-state index in [-0.39, 0.29) is 19.6 Å². The Hall–Kier alpha value is -0.760. The molecule has 250 valence electrons. The summed E-state index contributed by atoms with van der Waals surface area (Å²) in [6, 6.07) is -4.07. The van der Waals surface area contributed by atoms with E-state index in [1.54, 1.807) is 0 Å². The normalized spacial score (nSPS) is 55.8. The smallest absolute Gasteiger partial charge is 0.187 e. The van der Waals surface area contributed by atoms with Gasteiger partial charge in [0.25, 0.3) is 0 Å². The molecule has 12 unspecified atom stereocenters. The molecule has 5 aliphatic rings. The largest absolute Gasteiger partial charge is 0.394 e. The van der Waals surface area contributed by atoms with Crippen LogP contribution in [0.15, 0.2) is 0 Å². The maximum absolute atomic E-state index is 11.1. The van der Waals surface area contributed by atoms with Gasteiger partial charge in [-0.1, -0.05) is 0 Å². The number of nitrogens with two attached hydrogens (primary N) is 5. The lowest BCUT2D eigenvalue weighted by Gasteiger charge is -2.47. The summed E-state index contributed by atoms with van der Waals surface area (Å²) in [5, 5.41) is 73.5. The van der Waals surface area contributed by atoms with Crippen LogP contribution >= 0.6 is 0 Å². The number of aliphatic hydroxyl groups is 7. The third kappa shape index (κ3) is 6.32. The van der Waals surface area contributed by atoms with Gasteiger partial charge in [-0.2, -0.15) is 0 Å². The van der Waals surface area contributed by atoms with E-state index in [0.717, 1.165) is 0 Å². The molecule has 4 saturated heterocycles. The highest BCUT2D eigenvalue weighted by atomic mass is 16.8. The minimum atomic E-state index is -1.60. The van der Waals surface area contributed by atoms with E-state index in [9.17, 15) is 35.7 Å². The molecule has 20 atom stereocenters. The second-order valence-electron chi connectivity index (χ2n) is 11.8. The Bertz CT molecular complexity index is 930. The molecular formula is C24H45N5O14. The molecule has 5 rings (SSSR count). The number of aliphatic hydroxyl groups excluding tert-OH is 7. The third-order valence-electron chi connectivity index (χ3n) is 8.89. The second kappa shape index (κ2) is 13.5. The molecule has 1 aliphatic carbocycles. The number of fused-ring (bicyclic) bond motifs is 1. The predicted octanol–water partition coefficient (Wildman–Crippen LogP) is -8.46. The number of hydrogen-bond acceptors (Lipinski definition) is 19. The summed E-state index contributed by atoms with van der Waals surface area (Å²) in [7, 11) is 0. The van der Waals surface area contributed by atoms with Crippen molar-refractivity contribution in [2.75, 3.05) is 19.8 Å². The second-order valence-corrected chi connectivity index (χ2v) is 11.8. The molecular weight excluding hydrogens is 582 g/mol. The summed E-state index contributed by atoms with van der Waals surface area (Å²) >= 11 is 0. The summed E-state index contributed by atoms with van der Waals surface area (Å²) in [5.74, 6) is 0. The van der Waals surface area contributed by atoms with Crippen LogP contribution in [0.5, 0.6) is 0 Å². The fraction of sp³-hybridized carbons (Fsp3) is 1.00. The Kier molecular flexibility index (Phi) is 10.6. The van der Waals surface area contributed by atoms with Crippen LogP contribution < -0.4 is 28.7 Å². The zero-order chi connectivity index (χ0) is 31.3. The zero-order valence-corrected chi connectivity index (χ0v) is 23.3. The van der Waals surface area contributed by atoms with Crippen molar-refractivity contribution in [3.63, 3.8) is 0 Å². The molecule has 1 saturated carbocycles. The first kappa shape index (κ1) is 33.6. The summed E-state index contributed by atoms with van der Waals surface area (Å²) in [6.45, 7) is -0.871. The van der Waals surface area contributed by atoms with Crippen molar-refractivity contribution in [2.24, 2.45) is 28.7 Å². The van der Waals surface area contributed by atoms with Gasteiger partial charge in [-0.3, -0.25) is 0 Å². The molecule has 4 heterocycles. The molecule has 43 heavy (non-hydrogen) atoms. The summed E-state index contributed by atoms with van der Waals surface area (Å²) < 4.78 is 40.4. The molecule has 0 aromatic heterocycles. The van der Waals surface area contributed by atoms with Gasteiger partial charge < -0.3 is 97.6 Å². The number of hydrogen-bond donors (Lipinski definition) is 12. The standard InChI is InChI=1S/C24H45N5O14/c25-2-8-13(33)14(34)10(28)22(38-8)42-19-9(3-30)39-24(16(19)36)43-21-12(32)5(26)1-6(27)17(21)40-23-11(29)15(35)20-18(41-23)7(31)4-37-20/h5-24,30-36H,1-4,25-29H2/t5-,6?,7?,8?,9-,10?,11?,12?,13-,14?,15?,16?,17-,18?,19?,20+,21?,22-,23+,24+/m1/s1. The lowest BCUT2D eigenvalue weighted by molar-refractivity contribution is -0.306. The van der Waals surface area contributed by atoms with Crippen molar-refractivity contribution in [1.82, 2.24) is 0 Å². The molecule has 0 amide bonds. The lowest BCUT2D eigenvalue weighted by atomic mass is 9.84. The number of rotatable bonds is 8. The van der Waals surface area contributed by atoms with Crippen molar-refractivity contribution >= 4 is 0 Å². The van der Waals surface area contributed by atoms with E-state index >= 15 is 0 Å². The SMILES string of the molecule is NCC1O[C@H](OC2C(O)[C@H](OC3C(O)[C@H](N)CC(N)[C@H]3O[C@H]3OC4C(O)CO[C@H]4C(O)C3N)O[C@@H]2CO)C(N)C(O)[C@@H]1O. The molecule has 0 aromatic carbocycles. The van der Waals surface area contributed by atoms with Crippen LogP contribution in [0.2, 0.25) is 0 Å². The summed E-state index contributed by atoms with van der Waals surface area (Å²) in [4.78, 5) is 0. The van der Waals surface area contributed by atoms with E-state index in [1.165, 1.54) is 0 Å². The average molecular weight is 628 g/mol. The van der Waals surface area contributed by atoms with Crippen molar-refractivity contribution in [3.05, 3.63) is 0 Å². The Morgan fingerprint density at radius 3 is 1.88 bits per heavy atom. The van der Waals surface area contributed by atoms with Crippen LogP contribution in [-0.4, -0.2) is 178 Å². The Balaban J connectivity index is 1.30. The molecule has 0 bridgehead atoms. The highest BCUT2D eigenvalue weighted by Gasteiger charge is 2.56. The molecule has 0 spiro atoms. The van der Waals surface area contributed by atoms with E-state index in [0.29, 0.717) is 0 Å². The molecule has 0 aromatic rings. The first-order chi connectivity index (χ1) is 20.4. The monoisotopic (exact) mass is 627 g/mol. The Morgan fingerprint density at radius 1 is 0.605 bits per heavy atom. The molecule has 0 radical (unpaired) electrons. The first-order valence-corrected chi connectivity index (χ1v) is 14.3. The van der Waals surface area contributed by atoms with Gasteiger partial charge >= 0.3 is 0 Å². The van der Waals surface area contributed by atoms with Crippen LogP contribution in [0.4, 0.5) is 0 Å². The molecule has 5 fully saturated rings. The van der Waals surface area contributed by atoms with Crippen molar-refractivity contribution in [2.45, 2.75) is 129 Å². The van der Waals surface area contributed by atoms with Gasteiger partial charge in [-0.05, 0) is 6.42 Å². The third-order valence-corrected chi connectivity index (χ3v) is 8.89. The maximum atomic E-state index is 11.1. The minimum Gasteiger partial charge on any atom is -0.394 e. The van der Waals surface area contributed by atoms with Crippen LogP contribution in [-0.2, 0) is 33.2 Å².